The number of benzene rings is 1. The fraction of sp³-hybridized carbons (Fsp3) is 0.368. The van der Waals surface area contributed by atoms with Crippen molar-refractivity contribution in [2.75, 3.05) is 0 Å². The van der Waals surface area contributed by atoms with Gasteiger partial charge < -0.3 is 5.11 Å². The van der Waals surface area contributed by atoms with Gasteiger partial charge >= 0.3 is 5.69 Å². The molecule has 0 aliphatic carbocycles. The molecule has 0 unspecified atom stereocenters. The van der Waals surface area contributed by atoms with E-state index in [4.69, 9.17) is 0 Å². The third-order valence-electron chi connectivity index (χ3n) is 4.09. The predicted molar refractivity (Wildman–Crippen MR) is 95.8 cm³/mol. The molecular formula is C19H23N3O2. The Morgan fingerprint density at radius 2 is 1.83 bits per heavy atom. The number of pyridine rings is 1. The van der Waals surface area contributed by atoms with Gasteiger partial charge in [-0.3, -0.25) is 14.1 Å². The Balaban J connectivity index is 2.15. The summed E-state index contributed by atoms with van der Waals surface area (Å²) in [6.45, 7) is 7.00. The van der Waals surface area contributed by atoms with Crippen LogP contribution < -0.4 is 5.69 Å². The van der Waals surface area contributed by atoms with Crippen LogP contribution in [0.15, 0.2) is 41.5 Å². The van der Waals surface area contributed by atoms with E-state index < -0.39 is 0 Å². The van der Waals surface area contributed by atoms with E-state index in [0.29, 0.717) is 6.54 Å². The third kappa shape index (κ3) is 2.99. The second-order valence-corrected chi connectivity index (χ2v) is 7.43. The summed E-state index contributed by atoms with van der Waals surface area (Å²) >= 11 is 0. The van der Waals surface area contributed by atoms with Crippen LogP contribution in [-0.4, -0.2) is 19.2 Å². The lowest BCUT2D eigenvalue weighted by atomic mass is 9.97. The first-order valence-electron chi connectivity index (χ1n) is 8.04. The van der Waals surface area contributed by atoms with E-state index in [9.17, 15) is 9.90 Å². The molecule has 0 saturated carbocycles. The highest BCUT2D eigenvalue weighted by Crippen LogP contribution is 2.26. The van der Waals surface area contributed by atoms with E-state index >= 15 is 0 Å². The lowest BCUT2D eigenvalue weighted by Gasteiger charge is -2.18. The molecule has 5 nitrogen and oxygen atoms in total. The molecule has 0 aliphatic heterocycles. The van der Waals surface area contributed by atoms with E-state index in [-0.39, 0.29) is 17.7 Å². The molecule has 2 aromatic heterocycles. The second kappa shape index (κ2) is 5.91. The average molecular weight is 325 g/mol. The molecule has 0 atom stereocenters. The van der Waals surface area contributed by atoms with Crippen molar-refractivity contribution >= 4 is 11.0 Å². The zero-order valence-electron chi connectivity index (χ0n) is 14.6. The Hall–Kier alpha value is -2.40. The van der Waals surface area contributed by atoms with Crippen LogP contribution in [0.5, 0.6) is 0 Å². The number of nitrogens with zero attached hydrogens (tertiary/aromatic N) is 3. The van der Waals surface area contributed by atoms with E-state index in [0.717, 1.165) is 27.7 Å². The summed E-state index contributed by atoms with van der Waals surface area (Å²) in [7, 11) is 1.80. The van der Waals surface area contributed by atoms with Crippen LogP contribution in [-0.2, 0) is 20.2 Å². The molecule has 126 valence electrons. The molecule has 1 N–H and O–H groups in total. The van der Waals surface area contributed by atoms with Gasteiger partial charge in [0, 0.05) is 31.5 Å². The second-order valence-electron chi connectivity index (χ2n) is 7.43. The van der Waals surface area contributed by atoms with Gasteiger partial charge in [0.1, 0.15) is 0 Å². The Kier molecular flexibility index (Phi) is 4.05. The van der Waals surface area contributed by atoms with Gasteiger partial charge in [-0.05, 0) is 34.7 Å². The highest BCUT2D eigenvalue weighted by Gasteiger charge is 2.18. The third-order valence-corrected chi connectivity index (χ3v) is 4.09. The normalized spacial score (nSPS) is 12.0. The lowest BCUT2D eigenvalue weighted by Crippen LogP contribution is -2.27. The van der Waals surface area contributed by atoms with Gasteiger partial charge in [-0.15, -0.1) is 0 Å². The van der Waals surface area contributed by atoms with Crippen molar-refractivity contribution in [3.63, 3.8) is 0 Å². The molecular weight excluding hydrogens is 302 g/mol. The minimum Gasteiger partial charge on any atom is -0.392 e. The van der Waals surface area contributed by atoms with Gasteiger partial charge in [-0.2, -0.15) is 0 Å². The number of fused-ring (bicyclic) bond motifs is 1. The van der Waals surface area contributed by atoms with Crippen molar-refractivity contribution in [2.24, 2.45) is 12.5 Å². The van der Waals surface area contributed by atoms with Gasteiger partial charge in [-0.25, -0.2) is 4.79 Å². The van der Waals surface area contributed by atoms with Crippen molar-refractivity contribution in [2.45, 2.75) is 33.9 Å². The topological polar surface area (TPSA) is 60.0 Å². The Morgan fingerprint density at radius 1 is 1.08 bits per heavy atom. The van der Waals surface area contributed by atoms with Crippen LogP contribution in [0.4, 0.5) is 0 Å². The molecule has 2 heterocycles. The van der Waals surface area contributed by atoms with Gasteiger partial charge in [-0.1, -0.05) is 26.8 Å². The first-order chi connectivity index (χ1) is 11.3. The van der Waals surface area contributed by atoms with Crippen LogP contribution in [0.3, 0.4) is 0 Å². The fourth-order valence-electron chi connectivity index (χ4n) is 2.95. The van der Waals surface area contributed by atoms with Gasteiger partial charge in [0.15, 0.2) is 0 Å². The van der Waals surface area contributed by atoms with Crippen LogP contribution in [0.1, 0.15) is 26.3 Å². The fourth-order valence-corrected chi connectivity index (χ4v) is 2.95. The van der Waals surface area contributed by atoms with Crippen LogP contribution in [0.2, 0.25) is 0 Å². The summed E-state index contributed by atoms with van der Waals surface area (Å²) in [5, 5.41) is 9.28. The number of aryl methyl sites for hydroxylation is 1. The van der Waals surface area contributed by atoms with Crippen molar-refractivity contribution < 1.29 is 5.11 Å². The highest BCUT2D eigenvalue weighted by atomic mass is 16.3. The zero-order valence-corrected chi connectivity index (χ0v) is 14.6. The predicted octanol–water partition coefficient (Wildman–Crippen LogP) is 2.94. The number of aromatic nitrogens is 3. The van der Waals surface area contributed by atoms with Crippen molar-refractivity contribution in [3.05, 3.63) is 52.7 Å². The number of aliphatic hydroxyl groups is 1. The Morgan fingerprint density at radius 3 is 2.50 bits per heavy atom. The number of hydrogen-bond acceptors (Lipinski definition) is 3. The number of aliphatic hydroxyl groups excluding tert-OH is 1. The minimum absolute atomic E-state index is 0.000640. The monoisotopic (exact) mass is 325 g/mol. The molecule has 1 aromatic carbocycles. The highest BCUT2D eigenvalue weighted by molar-refractivity contribution is 5.82. The molecule has 0 bridgehead atoms. The number of rotatable bonds is 3. The summed E-state index contributed by atoms with van der Waals surface area (Å²) in [5.41, 5.74) is 4.54. The van der Waals surface area contributed by atoms with Gasteiger partial charge in [0.25, 0.3) is 0 Å². The molecule has 5 heteroatoms. The van der Waals surface area contributed by atoms with E-state index in [1.807, 2.05) is 28.8 Å². The van der Waals surface area contributed by atoms with E-state index in [2.05, 4.69) is 25.8 Å². The Bertz CT molecular complexity index is 945. The first-order valence-corrected chi connectivity index (χ1v) is 8.04. The standard InChI is InChI=1S/C19H23N3O2/c1-19(2,3)12-22-16-6-5-14(8-17(16)21(4)18(22)24)15-7-13(11-23)9-20-10-15/h5-10,23H,11-12H2,1-4H3. The average Bonchev–Trinajstić information content (AvgIpc) is 2.78. The largest absolute Gasteiger partial charge is 0.392 e. The maximum absolute atomic E-state index is 12.6. The summed E-state index contributed by atoms with van der Waals surface area (Å²) in [5.74, 6) is 0. The van der Waals surface area contributed by atoms with Crippen LogP contribution in [0, 0.1) is 5.41 Å². The smallest absolute Gasteiger partial charge is 0.328 e. The number of hydrogen-bond donors (Lipinski definition) is 1. The minimum atomic E-state index is -0.0382. The molecule has 0 amide bonds. The SMILES string of the molecule is Cn1c(=O)n(CC(C)(C)C)c2ccc(-c3cncc(CO)c3)cc21. The molecule has 3 rings (SSSR count). The zero-order chi connectivity index (χ0) is 17.5. The molecule has 0 fully saturated rings. The molecule has 0 aliphatic rings. The summed E-state index contributed by atoms with van der Waals surface area (Å²) in [4.78, 5) is 16.8. The molecule has 3 aromatic rings. The summed E-state index contributed by atoms with van der Waals surface area (Å²) in [6, 6.07) is 7.91. The van der Waals surface area contributed by atoms with Gasteiger partial charge in [0.05, 0.1) is 17.6 Å². The summed E-state index contributed by atoms with van der Waals surface area (Å²) in [6.07, 6.45) is 3.42. The number of imidazole rings is 1. The molecule has 0 spiro atoms. The van der Waals surface area contributed by atoms with Crippen molar-refractivity contribution in [3.8, 4) is 11.1 Å². The van der Waals surface area contributed by atoms with Crippen LogP contribution in [0.25, 0.3) is 22.2 Å². The molecule has 24 heavy (non-hydrogen) atoms. The maximum Gasteiger partial charge on any atom is 0.328 e. The molecule has 0 saturated heterocycles. The van der Waals surface area contributed by atoms with Gasteiger partial charge in [0.2, 0.25) is 0 Å². The summed E-state index contributed by atoms with van der Waals surface area (Å²) < 4.78 is 3.52. The van der Waals surface area contributed by atoms with Crippen LogP contribution >= 0.6 is 0 Å². The first kappa shape index (κ1) is 16.5. The lowest BCUT2D eigenvalue weighted by molar-refractivity contribution is 0.281. The van der Waals surface area contributed by atoms with Crippen molar-refractivity contribution in [1.82, 2.24) is 14.1 Å². The quantitative estimate of drug-likeness (QED) is 0.805. The maximum atomic E-state index is 12.6. The van der Waals surface area contributed by atoms with Crippen molar-refractivity contribution in [1.29, 1.82) is 0 Å². The molecule has 0 radical (unpaired) electrons. The Labute approximate surface area is 141 Å². The van der Waals surface area contributed by atoms with E-state index in [1.54, 1.807) is 24.0 Å². The van der Waals surface area contributed by atoms with E-state index in [1.165, 1.54) is 0 Å².